The number of rotatable bonds is 5. The van der Waals surface area contributed by atoms with Gasteiger partial charge in [0.25, 0.3) is 0 Å². The van der Waals surface area contributed by atoms with Crippen molar-refractivity contribution in [1.29, 1.82) is 0 Å². The number of hydrogen-bond acceptors (Lipinski definition) is 4. The van der Waals surface area contributed by atoms with Crippen molar-refractivity contribution in [2.45, 2.75) is 25.8 Å². The van der Waals surface area contributed by atoms with Gasteiger partial charge in [0.1, 0.15) is 17.7 Å². The number of ether oxygens (including phenoxy) is 1. The van der Waals surface area contributed by atoms with Gasteiger partial charge in [-0.25, -0.2) is 4.98 Å². The molecule has 0 bridgehead atoms. The van der Waals surface area contributed by atoms with Crippen LogP contribution in [0, 0.1) is 0 Å². The molecule has 2 heterocycles. The van der Waals surface area contributed by atoms with Crippen molar-refractivity contribution in [3.63, 3.8) is 0 Å². The third-order valence-electron chi connectivity index (χ3n) is 5.38. The predicted octanol–water partition coefficient (Wildman–Crippen LogP) is 4.75. The maximum atomic E-state index is 5.80. The smallest absolute Gasteiger partial charge is 0.128 e. The lowest BCUT2D eigenvalue weighted by Gasteiger charge is -2.15. The SMILES string of the molecule is COc1cc2c(cc1-c1c(-c3ccccc3)ncn1Cc1ccon1)CCC2. The molecule has 0 unspecified atom stereocenters. The molecule has 0 saturated heterocycles. The van der Waals surface area contributed by atoms with E-state index in [9.17, 15) is 0 Å². The van der Waals surface area contributed by atoms with Gasteiger partial charge in [-0.1, -0.05) is 35.5 Å². The highest BCUT2D eigenvalue weighted by atomic mass is 16.5. The van der Waals surface area contributed by atoms with Gasteiger partial charge in [0, 0.05) is 17.2 Å². The monoisotopic (exact) mass is 371 g/mol. The van der Waals surface area contributed by atoms with E-state index in [2.05, 4.69) is 34.0 Å². The first kappa shape index (κ1) is 16.8. The third kappa shape index (κ3) is 2.89. The van der Waals surface area contributed by atoms with E-state index in [0.29, 0.717) is 6.54 Å². The zero-order valence-corrected chi connectivity index (χ0v) is 15.8. The van der Waals surface area contributed by atoms with Crippen molar-refractivity contribution in [3.05, 3.63) is 77.9 Å². The van der Waals surface area contributed by atoms with Gasteiger partial charge in [0.2, 0.25) is 0 Å². The minimum Gasteiger partial charge on any atom is -0.496 e. The molecule has 5 rings (SSSR count). The first-order chi connectivity index (χ1) is 13.8. The predicted molar refractivity (Wildman–Crippen MR) is 107 cm³/mol. The van der Waals surface area contributed by atoms with E-state index in [0.717, 1.165) is 46.8 Å². The summed E-state index contributed by atoms with van der Waals surface area (Å²) in [6.45, 7) is 0.589. The van der Waals surface area contributed by atoms with E-state index in [-0.39, 0.29) is 0 Å². The molecule has 0 spiro atoms. The summed E-state index contributed by atoms with van der Waals surface area (Å²) in [5, 5.41) is 4.07. The van der Waals surface area contributed by atoms with Crippen LogP contribution in [0.1, 0.15) is 23.2 Å². The fourth-order valence-electron chi connectivity index (χ4n) is 4.04. The van der Waals surface area contributed by atoms with Crippen molar-refractivity contribution < 1.29 is 9.26 Å². The second kappa shape index (κ2) is 7.00. The Hall–Kier alpha value is -3.34. The lowest BCUT2D eigenvalue weighted by Crippen LogP contribution is -2.03. The van der Waals surface area contributed by atoms with Gasteiger partial charge in [-0.2, -0.15) is 0 Å². The molecule has 4 aromatic rings. The minimum atomic E-state index is 0.589. The second-order valence-electron chi connectivity index (χ2n) is 7.10. The highest BCUT2D eigenvalue weighted by Crippen LogP contribution is 2.40. The molecule has 0 N–H and O–H groups in total. The summed E-state index contributed by atoms with van der Waals surface area (Å²) in [4.78, 5) is 4.76. The van der Waals surface area contributed by atoms with E-state index < -0.39 is 0 Å². The molecule has 0 aliphatic heterocycles. The Kier molecular flexibility index (Phi) is 4.20. The first-order valence-corrected chi connectivity index (χ1v) is 9.53. The molecule has 0 radical (unpaired) electrons. The molecule has 1 aliphatic rings. The number of aromatic nitrogens is 3. The van der Waals surface area contributed by atoms with Crippen LogP contribution in [0.5, 0.6) is 5.75 Å². The molecular weight excluding hydrogens is 350 g/mol. The van der Waals surface area contributed by atoms with Crippen molar-refractivity contribution in [3.8, 4) is 28.3 Å². The Morgan fingerprint density at radius 1 is 1.07 bits per heavy atom. The lowest BCUT2D eigenvalue weighted by molar-refractivity contribution is 0.409. The second-order valence-corrected chi connectivity index (χ2v) is 7.10. The van der Waals surface area contributed by atoms with Gasteiger partial charge < -0.3 is 13.8 Å². The molecule has 0 fully saturated rings. The quantitative estimate of drug-likeness (QED) is 0.508. The van der Waals surface area contributed by atoms with Crippen LogP contribution in [0.3, 0.4) is 0 Å². The van der Waals surface area contributed by atoms with E-state index in [1.54, 1.807) is 13.4 Å². The molecule has 2 aromatic heterocycles. The van der Waals surface area contributed by atoms with Gasteiger partial charge in [0.15, 0.2) is 0 Å². The Bertz CT molecular complexity index is 1100. The van der Waals surface area contributed by atoms with Crippen LogP contribution in [0.2, 0.25) is 0 Å². The van der Waals surface area contributed by atoms with Crippen LogP contribution in [-0.4, -0.2) is 21.8 Å². The number of methoxy groups -OCH3 is 1. The van der Waals surface area contributed by atoms with Crippen LogP contribution in [0.4, 0.5) is 0 Å². The summed E-state index contributed by atoms with van der Waals surface area (Å²) >= 11 is 0. The molecule has 5 heteroatoms. The summed E-state index contributed by atoms with van der Waals surface area (Å²) in [5.74, 6) is 0.889. The van der Waals surface area contributed by atoms with Gasteiger partial charge in [-0.3, -0.25) is 0 Å². The average molecular weight is 371 g/mol. The average Bonchev–Trinajstić information content (AvgIpc) is 3.48. The molecule has 0 saturated carbocycles. The fourth-order valence-corrected chi connectivity index (χ4v) is 4.04. The van der Waals surface area contributed by atoms with Crippen LogP contribution < -0.4 is 4.74 Å². The summed E-state index contributed by atoms with van der Waals surface area (Å²) in [7, 11) is 1.74. The van der Waals surface area contributed by atoms with Crippen LogP contribution in [0.15, 0.2) is 65.6 Å². The van der Waals surface area contributed by atoms with Crippen LogP contribution in [0.25, 0.3) is 22.5 Å². The molecule has 28 heavy (non-hydrogen) atoms. The number of fused-ring (bicyclic) bond motifs is 1. The van der Waals surface area contributed by atoms with Crippen LogP contribution >= 0.6 is 0 Å². The van der Waals surface area contributed by atoms with Crippen molar-refractivity contribution in [1.82, 2.24) is 14.7 Å². The summed E-state index contributed by atoms with van der Waals surface area (Å²) in [6, 6.07) is 16.6. The Labute approximate surface area is 163 Å². The van der Waals surface area contributed by atoms with Crippen molar-refractivity contribution >= 4 is 0 Å². The molecular formula is C23H21N3O2. The highest BCUT2D eigenvalue weighted by Gasteiger charge is 2.22. The Morgan fingerprint density at radius 3 is 2.64 bits per heavy atom. The van der Waals surface area contributed by atoms with Gasteiger partial charge in [-0.15, -0.1) is 0 Å². The number of imidazole rings is 1. The summed E-state index contributed by atoms with van der Waals surface area (Å²) in [6.07, 6.45) is 6.91. The topological polar surface area (TPSA) is 53.1 Å². The van der Waals surface area contributed by atoms with Crippen LogP contribution in [-0.2, 0) is 19.4 Å². The number of aryl methyl sites for hydroxylation is 2. The minimum absolute atomic E-state index is 0.589. The summed E-state index contributed by atoms with van der Waals surface area (Å²) < 4.78 is 12.9. The van der Waals surface area contributed by atoms with Crippen molar-refractivity contribution in [2.24, 2.45) is 0 Å². The highest BCUT2D eigenvalue weighted by molar-refractivity contribution is 5.82. The van der Waals surface area contributed by atoms with E-state index in [1.807, 2.05) is 30.6 Å². The maximum Gasteiger partial charge on any atom is 0.128 e. The van der Waals surface area contributed by atoms with E-state index in [4.69, 9.17) is 14.2 Å². The summed E-state index contributed by atoms with van der Waals surface area (Å²) in [5.41, 5.74) is 7.80. The van der Waals surface area contributed by atoms with Gasteiger partial charge in [-0.05, 0) is 42.5 Å². The lowest BCUT2D eigenvalue weighted by atomic mass is 9.99. The van der Waals surface area contributed by atoms with Gasteiger partial charge >= 0.3 is 0 Å². The van der Waals surface area contributed by atoms with Crippen molar-refractivity contribution in [2.75, 3.05) is 7.11 Å². The third-order valence-corrected chi connectivity index (χ3v) is 5.38. The normalized spacial score (nSPS) is 12.9. The Balaban J connectivity index is 1.72. The molecule has 0 atom stereocenters. The number of nitrogens with zero attached hydrogens (tertiary/aromatic N) is 3. The zero-order chi connectivity index (χ0) is 18.9. The fraction of sp³-hybridized carbons (Fsp3) is 0.217. The molecule has 1 aliphatic carbocycles. The number of benzene rings is 2. The van der Waals surface area contributed by atoms with Gasteiger partial charge in [0.05, 0.1) is 31.4 Å². The maximum absolute atomic E-state index is 5.80. The zero-order valence-electron chi connectivity index (χ0n) is 15.8. The molecule has 140 valence electrons. The largest absolute Gasteiger partial charge is 0.496 e. The standard InChI is InChI=1S/C23H21N3O2/c1-27-21-13-18-9-5-8-17(18)12-20(21)23-22(16-6-3-2-4-7-16)24-15-26(23)14-19-10-11-28-25-19/h2-4,6-7,10-13,15H,5,8-9,14H2,1H3. The first-order valence-electron chi connectivity index (χ1n) is 9.53. The molecule has 5 nitrogen and oxygen atoms in total. The molecule has 2 aromatic carbocycles. The van der Waals surface area contributed by atoms with E-state index in [1.165, 1.54) is 17.5 Å². The number of hydrogen-bond donors (Lipinski definition) is 0. The van der Waals surface area contributed by atoms with E-state index >= 15 is 0 Å². The Morgan fingerprint density at radius 2 is 1.89 bits per heavy atom. The molecule has 0 amide bonds.